The molecule has 1 rings (SSSR count). The van der Waals surface area contributed by atoms with Crippen molar-refractivity contribution in [2.24, 2.45) is 4.99 Å². The van der Waals surface area contributed by atoms with Crippen molar-refractivity contribution in [3.05, 3.63) is 35.9 Å². The van der Waals surface area contributed by atoms with Gasteiger partial charge in [0.2, 0.25) is 0 Å². The molecular weight excluding hydrogens is 358 g/mol. The van der Waals surface area contributed by atoms with Gasteiger partial charge in [0.15, 0.2) is 0 Å². The third-order valence-corrected chi connectivity index (χ3v) is 3.70. The second kappa shape index (κ2) is 12.8. The number of nitrogens with one attached hydrogen (secondary N) is 1. The largest absolute Gasteiger partial charge is 0.445 e. The van der Waals surface area contributed by atoms with Gasteiger partial charge in [0.25, 0.3) is 0 Å². The lowest BCUT2D eigenvalue weighted by Crippen LogP contribution is -2.35. The molecular formula is C21H33N3O4. The molecule has 0 spiro atoms. The van der Waals surface area contributed by atoms with E-state index in [9.17, 15) is 9.59 Å². The highest BCUT2D eigenvalue weighted by Crippen LogP contribution is 2.07. The maximum Gasteiger partial charge on any atom is 0.410 e. The van der Waals surface area contributed by atoms with Crippen molar-refractivity contribution in [3.63, 3.8) is 0 Å². The van der Waals surface area contributed by atoms with E-state index in [4.69, 9.17) is 9.47 Å². The number of alkyl carbamates (subject to hydrolysis) is 1. The molecule has 0 unspecified atom stereocenters. The van der Waals surface area contributed by atoms with Crippen LogP contribution in [-0.4, -0.2) is 55.6 Å². The monoisotopic (exact) mass is 391 g/mol. The molecule has 0 aliphatic heterocycles. The summed E-state index contributed by atoms with van der Waals surface area (Å²) in [5.74, 6) is 0. The third kappa shape index (κ3) is 11.2. The van der Waals surface area contributed by atoms with Gasteiger partial charge in [0.1, 0.15) is 12.2 Å². The Morgan fingerprint density at radius 3 is 2.50 bits per heavy atom. The van der Waals surface area contributed by atoms with Crippen molar-refractivity contribution in [2.75, 3.05) is 26.7 Å². The molecule has 0 saturated carbocycles. The van der Waals surface area contributed by atoms with Crippen LogP contribution in [0.4, 0.5) is 9.59 Å². The summed E-state index contributed by atoms with van der Waals surface area (Å²) in [4.78, 5) is 29.7. The minimum atomic E-state index is -0.510. The second-order valence-corrected chi connectivity index (χ2v) is 7.39. The summed E-state index contributed by atoms with van der Waals surface area (Å²) in [5.41, 5.74) is 0.442. The van der Waals surface area contributed by atoms with E-state index in [1.807, 2.05) is 51.1 Å². The van der Waals surface area contributed by atoms with Gasteiger partial charge in [-0.15, -0.1) is 0 Å². The molecule has 1 aromatic carbocycles. The maximum atomic E-state index is 12.4. The number of amides is 2. The first-order valence-corrected chi connectivity index (χ1v) is 9.65. The number of aliphatic imine (C=N–C) groups is 1. The first-order chi connectivity index (χ1) is 13.3. The van der Waals surface area contributed by atoms with E-state index >= 15 is 0 Å². The number of hydrogen-bond acceptors (Lipinski definition) is 5. The molecule has 0 aromatic heterocycles. The zero-order valence-corrected chi connectivity index (χ0v) is 17.4. The zero-order valence-electron chi connectivity index (χ0n) is 17.4. The Kier molecular flexibility index (Phi) is 10.7. The summed E-state index contributed by atoms with van der Waals surface area (Å²) >= 11 is 0. The van der Waals surface area contributed by atoms with Gasteiger partial charge < -0.3 is 24.7 Å². The molecule has 7 heteroatoms. The summed E-state index contributed by atoms with van der Waals surface area (Å²) in [6.07, 6.45) is 3.18. The topological polar surface area (TPSA) is 80.2 Å². The van der Waals surface area contributed by atoms with Gasteiger partial charge in [-0.25, -0.2) is 9.59 Å². The molecule has 0 aliphatic carbocycles. The lowest BCUT2D eigenvalue weighted by atomic mass is 10.2. The van der Waals surface area contributed by atoms with Gasteiger partial charge in [-0.3, -0.25) is 0 Å². The highest BCUT2D eigenvalue weighted by Gasteiger charge is 2.16. The van der Waals surface area contributed by atoms with Crippen LogP contribution in [0.2, 0.25) is 0 Å². The molecule has 1 N–H and O–H groups in total. The van der Waals surface area contributed by atoms with E-state index in [0.717, 1.165) is 18.4 Å². The van der Waals surface area contributed by atoms with Crippen molar-refractivity contribution in [2.45, 2.75) is 52.2 Å². The van der Waals surface area contributed by atoms with Crippen LogP contribution >= 0.6 is 0 Å². The Hall–Kier alpha value is -2.57. The molecule has 0 heterocycles. The normalized spacial score (nSPS) is 11.3. The summed E-state index contributed by atoms with van der Waals surface area (Å²) in [5, 5.41) is 2.72. The average molecular weight is 392 g/mol. The SMILES string of the molecule is C/N=C\CCN(CCCCNC(=O)OC(C)(C)C)C(=O)OCc1ccccc1. The summed E-state index contributed by atoms with van der Waals surface area (Å²) in [7, 11) is 1.71. The fraction of sp³-hybridized carbons (Fsp3) is 0.571. The van der Waals surface area contributed by atoms with Crippen molar-refractivity contribution >= 4 is 18.4 Å². The molecule has 1 aromatic rings. The molecule has 0 aliphatic rings. The quantitative estimate of drug-likeness (QED) is 0.482. The highest BCUT2D eigenvalue weighted by molar-refractivity contribution is 5.68. The highest BCUT2D eigenvalue weighted by atomic mass is 16.6. The van der Waals surface area contributed by atoms with Gasteiger partial charge in [-0.05, 0) is 39.2 Å². The predicted octanol–water partition coefficient (Wildman–Crippen LogP) is 4.02. The minimum Gasteiger partial charge on any atom is -0.445 e. The third-order valence-electron chi connectivity index (χ3n) is 3.70. The van der Waals surface area contributed by atoms with Crippen LogP contribution in [-0.2, 0) is 16.1 Å². The van der Waals surface area contributed by atoms with Crippen LogP contribution in [0.3, 0.4) is 0 Å². The standard InChI is InChI=1S/C21H33N3O4/c1-21(2,3)28-19(25)23-14-8-9-15-24(16-10-13-22-4)20(26)27-17-18-11-6-5-7-12-18/h5-7,11-13H,8-10,14-17H2,1-4H3,(H,23,25)/b22-13-. The van der Waals surface area contributed by atoms with E-state index in [2.05, 4.69) is 10.3 Å². The van der Waals surface area contributed by atoms with Crippen LogP contribution in [0.15, 0.2) is 35.3 Å². The van der Waals surface area contributed by atoms with E-state index in [-0.39, 0.29) is 12.7 Å². The lowest BCUT2D eigenvalue weighted by molar-refractivity contribution is 0.0525. The Morgan fingerprint density at radius 1 is 1.14 bits per heavy atom. The molecule has 28 heavy (non-hydrogen) atoms. The number of rotatable bonds is 10. The van der Waals surface area contributed by atoms with Gasteiger partial charge in [-0.1, -0.05) is 30.3 Å². The number of unbranched alkanes of at least 4 members (excludes halogenated alkanes) is 1. The van der Waals surface area contributed by atoms with E-state index in [0.29, 0.717) is 26.1 Å². The molecule has 0 atom stereocenters. The smallest absolute Gasteiger partial charge is 0.410 e. The Balaban J connectivity index is 2.37. The lowest BCUT2D eigenvalue weighted by Gasteiger charge is -2.22. The van der Waals surface area contributed by atoms with Crippen LogP contribution in [0, 0.1) is 0 Å². The van der Waals surface area contributed by atoms with Gasteiger partial charge in [0.05, 0.1) is 0 Å². The fourth-order valence-corrected chi connectivity index (χ4v) is 2.38. The molecule has 0 radical (unpaired) electrons. The molecule has 0 saturated heterocycles. The number of hydrogen-bond donors (Lipinski definition) is 1. The minimum absolute atomic E-state index is 0.248. The number of carbonyl (C=O) groups is 2. The van der Waals surface area contributed by atoms with Gasteiger partial charge in [0, 0.05) is 39.3 Å². The van der Waals surface area contributed by atoms with Crippen molar-refractivity contribution in [1.29, 1.82) is 0 Å². The Bertz CT molecular complexity index is 612. The van der Waals surface area contributed by atoms with Crippen LogP contribution in [0.5, 0.6) is 0 Å². The zero-order chi connectivity index (χ0) is 20.8. The molecule has 156 valence electrons. The molecule has 2 amide bonds. The Labute approximate surface area is 168 Å². The maximum absolute atomic E-state index is 12.4. The number of nitrogens with zero attached hydrogens (tertiary/aromatic N) is 2. The van der Waals surface area contributed by atoms with Crippen molar-refractivity contribution in [3.8, 4) is 0 Å². The van der Waals surface area contributed by atoms with Gasteiger partial charge >= 0.3 is 12.2 Å². The summed E-state index contributed by atoms with van der Waals surface area (Å²) in [6, 6.07) is 9.59. The van der Waals surface area contributed by atoms with Crippen LogP contribution in [0.25, 0.3) is 0 Å². The molecule has 0 bridgehead atoms. The first-order valence-electron chi connectivity index (χ1n) is 9.65. The number of ether oxygens (including phenoxy) is 2. The van der Waals surface area contributed by atoms with E-state index in [1.165, 1.54) is 0 Å². The molecule has 0 fully saturated rings. The first kappa shape index (κ1) is 23.5. The van der Waals surface area contributed by atoms with Crippen LogP contribution < -0.4 is 5.32 Å². The molecule has 7 nitrogen and oxygen atoms in total. The van der Waals surface area contributed by atoms with E-state index in [1.54, 1.807) is 18.2 Å². The summed E-state index contributed by atoms with van der Waals surface area (Å²) in [6.45, 7) is 7.32. The summed E-state index contributed by atoms with van der Waals surface area (Å²) < 4.78 is 10.6. The fourth-order valence-electron chi connectivity index (χ4n) is 2.38. The van der Waals surface area contributed by atoms with Gasteiger partial charge in [-0.2, -0.15) is 0 Å². The Morgan fingerprint density at radius 2 is 1.86 bits per heavy atom. The number of carbonyl (C=O) groups excluding carboxylic acids is 2. The number of benzene rings is 1. The van der Waals surface area contributed by atoms with E-state index < -0.39 is 11.7 Å². The van der Waals surface area contributed by atoms with Crippen LogP contribution in [0.1, 0.15) is 45.6 Å². The second-order valence-electron chi connectivity index (χ2n) is 7.39. The van der Waals surface area contributed by atoms with Crippen molar-refractivity contribution in [1.82, 2.24) is 10.2 Å². The average Bonchev–Trinajstić information content (AvgIpc) is 2.64. The van der Waals surface area contributed by atoms with Crippen molar-refractivity contribution < 1.29 is 19.1 Å². The predicted molar refractivity (Wildman–Crippen MR) is 111 cm³/mol.